The Morgan fingerprint density at radius 2 is 1.81 bits per heavy atom. The molecule has 0 amide bonds. The molecule has 0 saturated carbocycles. The summed E-state index contributed by atoms with van der Waals surface area (Å²) in [5.41, 5.74) is 5.09. The fourth-order valence-corrected chi connectivity index (χ4v) is 3.21. The van der Waals surface area contributed by atoms with Crippen molar-refractivity contribution < 1.29 is 21.9 Å². The summed E-state index contributed by atoms with van der Waals surface area (Å²) in [5, 5.41) is 0. The highest BCUT2D eigenvalue weighted by molar-refractivity contribution is 7.89. The van der Waals surface area contributed by atoms with Crippen molar-refractivity contribution in [1.82, 2.24) is 9.62 Å². The fraction of sp³-hybridized carbons (Fsp3) is 0.500. The quantitative estimate of drug-likeness (QED) is 0.755. The summed E-state index contributed by atoms with van der Waals surface area (Å²) in [7, 11) is -4.25. The molecule has 1 saturated heterocycles. The second-order valence-corrected chi connectivity index (χ2v) is 6.37. The van der Waals surface area contributed by atoms with Crippen molar-refractivity contribution in [1.29, 1.82) is 0 Å². The van der Waals surface area contributed by atoms with Gasteiger partial charge in [0, 0.05) is 31.9 Å². The van der Waals surface area contributed by atoms with Crippen LogP contribution in [0.5, 0.6) is 0 Å². The SMILES string of the molecule is Nc1cc(F)c(S(=O)(=O)NCCN2CCOCC2)c(F)c1. The lowest BCUT2D eigenvalue weighted by Gasteiger charge is -2.26. The Hall–Kier alpha value is -1.29. The van der Waals surface area contributed by atoms with E-state index in [4.69, 9.17) is 10.5 Å². The van der Waals surface area contributed by atoms with Gasteiger partial charge in [-0.2, -0.15) is 0 Å². The average molecular weight is 321 g/mol. The maximum absolute atomic E-state index is 13.6. The predicted octanol–water partition coefficient (Wildman–Crippen LogP) is 0.158. The van der Waals surface area contributed by atoms with Gasteiger partial charge in [-0.3, -0.25) is 4.90 Å². The number of rotatable bonds is 5. The van der Waals surface area contributed by atoms with E-state index < -0.39 is 26.6 Å². The van der Waals surface area contributed by atoms with Gasteiger partial charge in [0.25, 0.3) is 0 Å². The maximum Gasteiger partial charge on any atom is 0.246 e. The zero-order valence-electron chi connectivity index (χ0n) is 11.3. The van der Waals surface area contributed by atoms with Crippen LogP contribution in [-0.4, -0.2) is 52.7 Å². The number of nitrogens with two attached hydrogens (primary N) is 1. The van der Waals surface area contributed by atoms with Crippen molar-refractivity contribution in [2.24, 2.45) is 0 Å². The number of halogens is 2. The number of ether oxygens (including phenoxy) is 1. The van der Waals surface area contributed by atoms with Gasteiger partial charge < -0.3 is 10.5 Å². The zero-order chi connectivity index (χ0) is 15.5. The minimum atomic E-state index is -4.25. The topological polar surface area (TPSA) is 84.7 Å². The second-order valence-electron chi connectivity index (χ2n) is 4.67. The molecule has 1 aliphatic rings. The van der Waals surface area contributed by atoms with E-state index in [-0.39, 0.29) is 12.2 Å². The molecule has 1 aromatic carbocycles. The average Bonchev–Trinajstić information content (AvgIpc) is 2.38. The number of benzene rings is 1. The summed E-state index contributed by atoms with van der Waals surface area (Å²) >= 11 is 0. The van der Waals surface area contributed by atoms with Gasteiger partial charge >= 0.3 is 0 Å². The molecule has 2 rings (SSSR count). The number of nitrogens with one attached hydrogen (secondary N) is 1. The van der Waals surface area contributed by atoms with Gasteiger partial charge in [-0.15, -0.1) is 0 Å². The highest BCUT2D eigenvalue weighted by Crippen LogP contribution is 2.21. The Morgan fingerprint density at radius 3 is 2.38 bits per heavy atom. The molecule has 1 fully saturated rings. The molecule has 0 bridgehead atoms. The van der Waals surface area contributed by atoms with Crippen LogP contribution in [-0.2, 0) is 14.8 Å². The zero-order valence-corrected chi connectivity index (χ0v) is 12.1. The van der Waals surface area contributed by atoms with Crippen molar-refractivity contribution in [3.8, 4) is 0 Å². The number of nitrogens with zero attached hydrogens (tertiary/aromatic N) is 1. The monoisotopic (exact) mass is 321 g/mol. The number of hydrogen-bond acceptors (Lipinski definition) is 5. The molecule has 1 heterocycles. The molecule has 118 valence electrons. The molecule has 0 radical (unpaired) electrons. The first kappa shape index (κ1) is 16.1. The summed E-state index contributed by atoms with van der Waals surface area (Å²) in [6.45, 7) is 3.09. The molecule has 0 aromatic heterocycles. The molecular weight excluding hydrogens is 304 g/mol. The van der Waals surface area contributed by atoms with E-state index >= 15 is 0 Å². The standard InChI is InChI=1S/C12H17F2N3O3S/c13-10-7-9(15)8-11(14)12(10)21(18,19)16-1-2-17-3-5-20-6-4-17/h7-8,16H,1-6,15H2. The van der Waals surface area contributed by atoms with Gasteiger partial charge in [0.05, 0.1) is 13.2 Å². The van der Waals surface area contributed by atoms with E-state index in [1.165, 1.54) is 0 Å². The summed E-state index contributed by atoms with van der Waals surface area (Å²) in [6, 6.07) is 1.55. The van der Waals surface area contributed by atoms with Crippen molar-refractivity contribution in [3.63, 3.8) is 0 Å². The Morgan fingerprint density at radius 1 is 1.24 bits per heavy atom. The van der Waals surface area contributed by atoms with Crippen LogP contribution in [0.15, 0.2) is 17.0 Å². The van der Waals surface area contributed by atoms with Crippen molar-refractivity contribution >= 4 is 15.7 Å². The van der Waals surface area contributed by atoms with Crippen molar-refractivity contribution in [2.45, 2.75) is 4.90 Å². The Bertz CT molecular complexity index is 581. The largest absolute Gasteiger partial charge is 0.399 e. The van der Waals surface area contributed by atoms with E-state index in [9.17, 15) is 17.2 Å². The molecular formula is C12H17F2N3O3S. The van der Waals surface area contributed by atoms with Gasteiger partial charge in [0.2, 0.25) is 10.0 Å². The van der Waals surface area contributed by atoms with Gasteiger partial charge in [-0.1, -0.05) is 0 Å². The molecule has 1 aliphatic heterocycles. The van der Waals surface area contributed by atoms with Gasteiger partial charge in [0.15, 0.2) is 4.90 Å². The smallest absolute Gasteiger partial charge is 0.246 e. The Labute approximate surface area is 121 Å². The van der Waals surface area contributed by atoms with E-state index in [1.54, 1.807) is 0 Å². The predicted molar refractivity (Wildman–Crippen MR) is 73.2 cm³/mol. The van der Waals surface area contributed by atoms with Crippen molar-refractivity contribution in [2.75, 3.05) is 45.1 Å². The van der Waals surface area contributed by atoms with Crippen LogP contribution in [0, 0.1) is 11.6 Å². The van der Waals surface area contributed by atoms with E-state index in [2.05, 4.69) is 4.72 Å². The third-order valence-corrected chi connectivity index (χ3v) is 4.62. The number of sulfonamides is 1. The molecule has 0 unspecified atom stereocenters. The molecule has 3 N–H and O–H groups in total. The van der Waals surface area contributed by atoms with Crippen LogP contribution in [0.1, 0.15) is 0 Å². The minimum Gasteiger partial charge on any atom is -0.399 e. The first-order chi connectivity index (χ1) is 9.90. The second kappa shape index (κ2) is 6.65. The van der Waals surface area contributed by atoms with Crippen LogP contribution in [0.2, 0.25) is 0 Å². The minimum absolute atomic E-state index is 0.0611. The molecule has 0 aliphatic carbocycles. The summed E-state index contributed by atoms with van der Waals surface area (Å²) in [5.74, 6) is -2.40. The van der Waals surface area contributed by atoms with Crippen LogP contribution in [0.3, 0.4) is 0 Å². The molecule has 21 heavy (non-hydrogen) atoms. The molecule has 0 spiro atoms. The molecule has 0 atom stereocenters. The van der Waals surface area contributed by atoms with Gasteiger partial charge in [-0.05, 0) is 12.1 Å². The van der Waals surface area contributed by atoms with Gasteiger partial charge in [-0.25, -0.2) is 21.9 Å². The van der Waals surface area contributed by atoms with E-state index in [0.29, 0.717) is 32.8 Å². The summed E-state index contributed by atoms with van der Waals surface area (Å²) in [6.07, 6.45) is 0. The maximum atomic E-state index is 13.6. The summed E-state index contributed by atoms with van der Waals surface area (Å²) < 4.78 is 58.5. The Kier molecular flexibility index (Phi) is 5.09. The molecule has 9 heteroatoms. The van der Waals surface area contributed by atoms with Crippen LogP contribution < -0.4 is 10.5 Å². The summed E-state index contributed by atoms with van der Waals surface area (Å²) in [4.78, 5) is 1.00. The highest BCUT2D eigenvalue weighted by Gasteiger charge is 2.24. The van der Waals surface area contributed by atoms with Crippen LogP contribution >= 0.6 is 0 Å². The van der Waals surface area contributed by atoms with Crippen LogP contribution in [0.4, 0.5) is 14.5 Å². The normalized spacial score (nSPS) is 17.0. The third-order valence-electron chi connectivity index (χ3n) is 3.11. The fourth-order valence-electron chi connectivity index (χ4n) is 2.07. The van der Waals surface area contributed by atoms with Crippen molar-refractivity contribution in [3.05, 3.63) is 23.8 Å². The lowest BCUT2D eigenvalue weighted by atomic mass is 10.3. The number of morpholine rings is 1. The van der Waals surface area contributed by atoms with E-state index in [1.807, 2.05) is 4.90 Å². The number of anilines is 1. The lowest BCUT2D eigenvalue weighted by molar-refractivity contribution is 0.0390. The number of hydrogen-bond donors (Lipinski definition) is 2. The number of nitrogen functional groups attached to an aromatic ring is 1. The molecule has 6 nitrogen and oxygen atoms in total. The van der Waals surface area contributed by atoms with E-state index in [0.717, 1.165) is 12.1 Å². The third kappa shape index (κ3) is 4.10. The van der Waals surface area contributed by atoms with Gasteiger partial charge in [0.1, 0.15) is 11.6 Å². The Balaban J connectivity index is 2.01. The lowest BCUT2D eigenvalue weighted by Crippen LogP contribution is -2.41. The molecule has 1 aromatic rings. The van der Waals surface area contributed by atoms with Crippen LogP contribution in [0.25, 0.3) is 0 Å². The first-order valence-corrected chi connectivity index (χ1v) is 7.93. The first-order valence-electron chi connectivity index (χ1n) is 6.44. The highest BCUT2D eigenvalue weighted by atomic mass is 32.2.